The first-order chi connectivity index (χ1) is 11.2. The van der Waals surface area contributed by atoms with E-state index in [0.717, 1.165) is 45.1 Å². The Kier molecular flexibility index (Phi) is 7.87. The maximum atomic E-state index is 13.0. The van der Waals surface area contributed by atoms with E-state index in [1.54, 1.807) is 0 Å². The van der Waals surface area contributed by atoms with E-state index in [1.165, 1.54) is 44.9 Å². The summed E-state index contributed by atoms with van der Waals surface area (Å²) < 4.78 is 0. The van der Waals surface area contributed by atoms with Crippen molar-refractivity contribution >= 4 is 30.7 Å². The lowest BCUT2D eigenvalue weighted by molar-refractivity contribution is -0.140. The van der Waals surface area contributed by atoms with Crippen LogP contribution < -0.4 is 5.73 Å². The van der Waals surface area contributed by atoms with E-state index in [1.807, 2.05) is 0 Å². The second-order valence-electron chi connectivity index (χ2n) is 8.50. The zero-order valence-corrected chi connectivity index (χ0v) is 16.9. The number of carbonyl (C=O) groups excluding carboxylic acids is 1. The van der Waals surface area contributed by atoms with Gasteiger partial charge in [-0.05, 0) is 50.4 Å². The van der Waals surface area contributed by atoms with Crippen molar-refractivity contribution in [3.63, 3.8) is 0 Å². The van der Waals surface area contributed by atoms with Gasteiger partial charge in [0.05, 0.1) is 0 Å². The van der Waals surface area contributed by atoms with Gasteiger partial charge in [-0.15, -0.1) is 24.8 Å². The van der Waals surface area contributed by atoms with E-state index < -0.39 is 0 Å². The number of hydrogen-bond donors (Lipinski definition) is 1. The van der Waals surface area contributed by atoms with Crippen LogP contribution in [-0.4, -0.2) is 54.0 Å². The molecular weight excluding hydrogens is 357 g/mol. The molecule has 6 heteroatoms. The van der Waals surface area contributed by atoms with Crippen LogP contribution in [0.1, 0.15) is 57.8 Å². The van der Waals surface area contributed by atoms with Gasteiger partial charge in [-0.25, -0.2) is 0 Å². The lowest BCUT2D eigenvalue weighted by Crippen LogP contribution is -2.55. The van der Waals surface area contributed by atoms with Crippen molar-refractivity contribution in [1.29, 1.82) is 0 Å². The number of rotatable bonds is 2. The third kappa shape index (κ3) is 4.45. The first-order valence-electron chi connectivity index (χ1n) is 10.0. The summed E-state index contributed by atoms with van der Waals surface area (Å²) in [5.41, 5.74) is 6.38. The first-order valence-corrected chi connectivity index (χ1v) is 10.0. The number of fused-ring (bicyclic) bond motifs is 2. The summed E-state index contributed by atoms with van der Waals surface area (Å²) in [6.07, 6.45) is 11.5. The summed E-state index contributed by atoms with van der Waals surface area (Å²) >= 11 is 0. The first kappa shape index (κ1) is 21.3. The second-order valence-corrected chi connectivity index (χ2v) is 8.50. The van der Waals surface area contributed by atoms with Crippen LogP contribution in [0.25, 0.3) is 0 Å². The maximum Gasteiger partial charge on any atom is 0.225 e. The predicted octanol–water partition coefficient (Wildman–Crippen LogP) is 3.07. The number of nitrogens with two attached hydrogens (primary N) is 1. The molecule has 2 bridgehead atoms. The van der Waals surface area contributed by atoms with Gasteiger partial charge in [-0.2, -0.15) is 0 Å². The summed E-state index contributed by atoms with van der Waals surface area (Å²) in [6.45, 7) is 4.09. The molecule has 146 valence electrons. The van der Waals surface area contributed by atoms with Gasteiger partial charge in [0, 0.05) is 44.2 Å². The van der Waals surface area contributed by atoms with Gasteiger partial charge >= 0.3 is 0 Å². The number of hydrogen-bond acceptors (Lipinski definition) is 3. The van der Waals surface area contributed by atoms with Gasteiger partial charge in [0.25, 0.3) is 0 Å². The van der Waals surface area contributed by atoms with E-state index in [2.05, 4.69) is 9.80 Å². The molecule has 1 aliphatic heterocycles. The Hall–Kier alpha value is -0.0300. The lowest BCUT2D eigenvalue weighted by atomic mass is 9.65. The Morgan fingerprint density at radius 1 is 0.800 bits per heavy atom. The predicted molar refractivity (Wildman–Crippen MR) is 106 cm³/mol. The van der Waals surface area contributed by atoms with Crippen molar-refractivity contribution in [3.05, 3.63) is 0 Å². The third-order valence-corrected chi connectivity index (χ3v) is 7.23. The van der Waals surface area contributed by atoms with E-state index in [4.69, 9.17) is 5.73 Å². The van der Waals surface area contributed by atoms with Crippen molar-refractivity contribution in [2.24, 2.45) is 23.5 Å². The zero-order chi connectivity index (χ0) is 15.8. The molecule has 4 nitrogen and oxygen atoms in total. The van der Waals surface area contributed by atoms with Crippen LogP contribution in [-0.2, 0) is 4.79 Å². The molecule has 0 aromatic carbocycles. The summed E-state index contributed by atoms with van der Waals surface area (Å²) in [4.78, 5) is 17.8. The van der Waals surface area contributed by atoms with Gasteiger partial charge < -0.3 is 10.6 Å². The zero-order valence-electron chi connectivity index (χ0n) is 15.3. The van der Waals surface area contributed by atoms with Gasteiger partial charge in [0.2, 0.25) is 5.91 Å². The molecule has 1 heterocycles. The topological polar surface area (TPSA) is 49.6 Å². The molecule has 4 fully saturated rings. The Morgan fingerprint density at radius 3 is 1.92 bits per heavy atom. The Bertz CT molecular complexity index is 422. The minimum atomic E-state index is 0. The molecule has 4 aliphatic rings. The second kappa shape index (κ2) is 9.25. The van der Waals surface area contributed by atoms with E-state index >= 15 is 0 Å². The average molecular weight is 392 g/mol. The van der Waals surface area contributed by atoms with Crippen LogP contribution in [0.2, 0.25) is 0 Å². The molecule has 25 heavy (non-hydrogen) atoms. The highest BCUT2D eigenvalue weighted by Crippen LogP contribution is 2.42. The van der Waals surface area contributed by atoms with Gasteiger partial charge in [-0.3, -0.25) is 9.69 Å². The van der Waals surface area contributed by atoms with Gasteiger partial charge in [0.1, 0.15) is 0 Å². The fourth-order valence-corrected chi connectivity index (χ4v) is 5.83. The standard InChI is InChI=1S/C19H33N3O.2ClH/c20-18-14-4-3-5-15(18)13-16(12-14)19(23)22-10-8-21(9-11-22)17-6-1-2-7-17;;/h14-18H,1-13,20H2;2*1H. The number of nitrogens with zero attached hydrogens (tertiary/aromatic N) is 2. The summed E-state index contributed by atoms with van der Waals surface area (Å²) in [5.74, 6) is 1.93. The lowest BCUT2D eigenvalue weighted by Gasteiger charge is -2.45. The fraction of sp³-hybridized carbons (Fsp3) is 0.947. The summed E-state index contributed by atoms with van der Waals surface area (Å²) in [6, 6.07) is 1.17. The van der Waals surface area contributed by atoms with E-state index in [0.29, 0.717) is 23.8 Å². The van der Waals surface area contributed by atoms with Crippen LogP contribution in [0.5, 0.6) is 0 Å². The van der Waals surface area contributed by atoms with E-state index in [-0.39, 0.29) is 30.7 Å². The van der Waals surface area contributed by atoms with Crippen LogP contribution in [0.3, 0.4) is 0 Å². The van der Waals surface area contributed by atoms with E-state index in [9.17, 15) is 4.79 Å². The minimum Gasteiger partial charge on any atom is -0.340 e. The van der Waals surface area contributed by atoms with Gasteiger partial charge in [0.15, 0.2) is 0 Å². The van der Waals surface area contributed by atoms with Crippen LogP contribution >= 0.6 is 24.8 Å². The summed E-state index contributed by atoms with van der Waals surface area (Å²) in [5, 5.41) is 0. The SMILES string of the molecule is Cl.Cl.NC1C2CCCC1CC(C(=O)N1CCN(C3CCCC3)CC1)C2. The molecule has 3 aliphatic carbocycles. The number of piperazine rings is 1. The molecule has 1 amide bonds. The van der Waals surface area contributed by atoms with Crippen LogP contribution in [0.15, 0.2) is 0 Å². The number of carbonyl (C=O) groups is 1. The molecule has 2 N–H and O–H groups in total. The largest absolute Gasteiger partial charge is 0.340 e. The normalized spacial score (nSPS) is 36.4. The van der Waals surface area contributed by atoms with Crippen molar-refractivity contribution in [2.75, 3.05) is 26.2 Å². The average Bonchev–Trinajstić information content (AvgIpc) is 3.08. The molecule has 2 atom stereocenters. The highest BCUT2D eigenvalue weighted by atomic mass is 35.5. The molecule has 1 saturated heterocycles. The molecule has 0 aromatic rings. The smallest absolute Gasteiger partial charge is 0.225 e. The Labute approximate surface area is 165 Å². The Morgan fingerprint density at radius 2 is 1.36 bits per heavy atom. The minimum absolute atomic E-state index is 0. The molecule has 3 saturated carbocycles. The quantitative estimate of drug-likeness (QED) is 0.786. The highest BCUT2D eigenvalue weighted by molar-refractivity contribution is 5.85. The summed E-state index contributed by atoms with van der Waals surface area (Å²) in [7, 11) is 0. The molecular formula is C19H35Cl2N3O. The van der Waals surface area contributed by atoms with Crippen LogP contribution in [0.4, 0.5) is 0 Å². The molecule has 0 spiro atoms. The molecule has 0 radical (unpaired) electrons. The number of halogens is 2. The fourth-order valence-electron chi connectivity index (χ4n) is 5.83. The monoisotopic (exact) mass is 391 g/mol. The maximum absolute atomic E-state index is 13.0. The van der Waals surface area contributed by atoms with Gasteiger partial charge in [-0.1, -0.05) is 19.3 Å². The van der Waals surface area contributed by atoms with Crippen LogP contribution in [0, 0.1) is 17.8 Å². The molecule has 4 rings (SSSR count). The molecule has 0 aromatic heterocycles. The van der Waals surface area contributed by atoms with Crippen molar-refractivity contribution in [3.8, 4) is 0 Å². The van der Waals surface area contributed by atoms with Crippen molar-refractivity contribution < 1.29 is 4.79 Å². The third-order valence-electron chi connectivity index (χ3n) is 7.23. The molecule has 2 unspecified atom stereocenters. The van der Waals surface area contributed by atoms with Crippen molar-refractivity contribution in [2.45, 2.75) is 69.9 Å². The highest BCUT2D eigenvalue weighted by Gasteiger charge is 2.42. The number of amides is 1. The van der Waals surface area contributed by atoms with Crippen molar-refractivity contribution in [1.82, 2.24) is 9.80 Å². The Balaban J connectivity index is 0.00000113.